The largest absolute Gasteiger partial charge is 0.373 e. The van der Waals surface area contributed by atoms with E-state index < -0.39 is 0 Å². The van der Waals surface area contributed by atoms with Crippen molar-refractivity contribution in [2.75, 3.05) is 26.2 Å². The lowest BCUT2D eigenvalue weighted by atomic mass is 10.2. The number of morpholine rings is 1. The van der Waals surface area contributed by atoms with Gasteiger partial charge in [0.25, 0.3) is 5.91 Å². The molecule has 0 spiro atoms. The van der Waals surface area contributed by atoms with Crippen LogP contribution in [-0.2, 0) is 4.74 Å². The number of carbonyl (C=O) groups excluding carboxylic acids is 1. The molecule has 0 aromatic carbocycles. The lowest BCUT2D eigenvalue weighted by Crippen LogP contribution is -2.46. The summed E-state index contributed by atoms with van der Waals surface area (Å²) in [4.78, 5) is 19.4. The fourth-order valence-corrected chi connectivity index (χ4v) is 4.55. The number of nitrogens with zero attached hydrogens (tertiary/aromatic N) is 4. The summed E-state index contributed by atoms with van der Waals surface area (Å²) in [6.45, 7) is 7.79. The van der Waals surface area contributed by atoms with Crippen molar-refractivity contribution < 1.29 is 9.53 Å². The Labute approximate surface area is 166 Å². The van der Waals surface area contributed by atoms with E-state index in [1.807, 2.05) is 16.9 Å². The summed E-state index contributed by atoms with van der Waals surface area (Å²) < 4.78 is 7.80. The maximum atomic E-state index is 12.5. The molecule has 2 aromatic rings. The van der Waals surface area contributed by atoms with Gasteiger partial charge in [-0.25, -0.2) is 9.67 Å². The third kappa shape index (κ3) is 4.36. The Morgan fingerprint density at radius 2 is 1.96 bits per heavy atom. The van der Waals surface area contributed by atoms with Crippen LogP contribution in [0.2, 0.25) is 0 Å². The highest BCUT2D eigenvalue weighted by Crippen LogP contribution is 2.31. The minimum Gasteiger partial charge on any atom is -0.373 e. The first-order valence-corrected chi connectivity index (χ1v) is 10.6. The number of hydrogen-bond donors (Lipinski definition) is 1. The molecule has 7 heteroatoms. The molecule has 0 unspecified atom stereocenters. The predicted octanol–water partition coefficient (Wildman–Crippen LogP) is 2.78. The average molecular weight is 386 g/mol. The number of ether oxygens (including phenoxy) is 1. The molecule has 0 radical (unpaired) electrons. The van der Waals surface area contributed by atoms with Gasteiger partial charge in [0.15, 0.2) is 5.65 Å². The first-order valence-electron chi connectivity index (χ1n) is 10.6. The smallest absolute Gasteiger partial charge is 0.252 e. The molecule has 1 aliphatic carbocycles. The summed E-state index contributed by atoms with van der Waals surface area (Å²) in [6.07, 6.45) is 9.85. The second-order valence-corrected chi connectivity index (χ2v) is 8.29. The summed E-state index contributed by atoms with van der Waals surface area (Å²) >= 11 is 0. The monoisotopic (exact) mass is 385 g/mol. The van der Waals surface area contributed by atoms with Gasteiger partial charge < -0.3 is 10.1 Å². The van der Waals surface area contributed by atoms with Crippen molar-refractivity contribution in [3.05, 3.63) is 24.0 Å². The molecule has 2 atom stereocenters. The van der Waals surface area contributed by atoms with E-state index in [-0.39, 0.29) is 18.1 Å². The van der Waals surface area contributed by atoms with Crippen LogP contribution in [0.4, 0.5) is 0 Å². The van der Waals surface area contributed by atoms with E-state index in [2.05, 4.69) is 34.1 Å². The van der Waals surface area contributed by atoms with Crippen LogP contribution in [0.15, 0.2) is 18.5 Å². The van der Waals surface area contributed by atoms with Crippen LogP contribution in [0.1, 0.15) is 62.4 Å². The number of carbonyl (C=O) groups is 1. The Morgan fingerprint density at radius 3 is 2.71 bits per heavy atom. The topological polar surface area (TPSA) is 72.3 Å². The minimum atomic E-state index is -0.0632. The number of amides is 1. The van der Waals surface area contributed by atoms with Gasteiger partial charge in [0.1, 0.15) is 0 Å². The highest BCUT2D eigenvalue weighted by molar-refractivity contribution is 5.96. The van der Waals surface area contributed by atoms with E-state index >= 15 is 0 Å². The highest BCUT2D eigenvalue weighted by atomic mass is 16.5. The van der Waals surface area contributed by atoms with Gasteiger partial charge >= 0.3 is 0 Å². The van der Waals surface area contributed by atoms with E-state index in [1.54, 1.807) is 6.20 Å². The average Bonchev–Trinajstić information content (AvgIpc) is 3.33. The van der Waals surface area contributed by atoms with E-state index in [4.69, 9.17) is 4.74 Å². The van der Waals surface area contributed by atoms with Crippen molar-refractivity contribution in [3.8, 4) is 0 Å². The standard InChI is InChI=1S/C21H31N5O2/c1-15-13-25(14-16(2)28-15)9-5-8-22-21(27)18-10-17-12-24-26(20(17)23-11-18)19-6-3-4-7-19/h10-12,15-16,19H,3-9,13-14H2,1-2H3,(H,22,27)/t15-,16-/m1/s1. The normalized spacial score (nSPS) is 24.1. The second kappa shape index (κ2) is 8.57. The number of hydrogen-bond acceptors (Lipinski definition) is 5. The molecule has 1 saturated heterocycles. The summed E-state index contributed by atoms with van der Waals surface area (Å²) in [5, 5.41) is 8.49. The Morgan fingerprint density at radius 1 is 1.21 bits per heavy atom. The Balaban J connectivity index is 1.29. The zero-order valence-corrected chi connectivity index (χ0v) is 16.9. The number of aromatic nitrogens is 3. The van der Waals surface area contributed by atoms with Gasteiger partial charge in [-0.05, 0) is 39.2 Å². The predicted molar refractivity (Wildman–Crippen MR) is 108 cm³/mol. The van der Waals surface area contributed by atoms with Crippen LogP contribution >= 0.6 is 0 Å². The highest BCUT2D eigenvalue weighted by Gasteiger charge is 2.22. The Bertz CT molecular complexity index is 804. The molecule has 2 fully saturated rings. The molecular formula is C21H31N5O2. The maximum Gasteiger partial charge on any atom is 0.252 e. The number of pyridine rings is 1. The molecule has 1 N–H and O–H groups in total. The van der Waals surface area contributed by atoms with Gasteiger partial charge in [-0.1, -0.05) is 12.8 Å². The number of nitrogens with one attached hydrogen (secondary N) is 1. The molecule has 2 aliphatic rings. The number of rotatable bonds is 6. The Kier molecular flexibility index (Phi) is 5.92. The molecular weight excluding hydrogens is 354 g/mol. The third-order valence-corrected chi connectivity index (χ3v) is 5.80. The van der Waals surface area contributed by atoms with E-state index in [0.29, 0.717) is 18.2 Å². The molecule has 4 rings (SSSR count). The van der Waals surface area contributed by atoms with Crippen LogP contribution in [0.3, 0.4) is 0 Å². The van der Waals surface area contributed by atoms with Gasteiger partial charge in [-0.2, -0.15) is 5.10 Å². The van der Waals surface area contributed by atoms with Crippen LogP contribution in [0, 0.1) is 0 Å². The van der Waals surface area contributed by atoms with Crippen molar-refractivity contribution in [1.29, 1.82) is 0 Å². The van der Waals surface area contributed by atoms with Gasteiger partial charge in [0, 0.05) is 37.8 Å². The Hall–Kier alpha value is -1.99. The fraction of sp³-hybridized carbons (Fsp3) is 0.667. The van der Waals surface area contributed by atoms with Crippen molar-refractivity contribution in [3.63, 3.8) is 0 Å². The summed E-state index contributed by atoms with van der Waals surface area (Å²) in [5.74, 6) is -0.0632. The van der Waals surface area contributed by atoms with Crippen LogP contribution in [-0.4, -0.2) is 64.0 Å². The maximum absolute atomic E-state index is 12.5. The van der Waals surface area contributed by atoms with Gasteiger partial charge in [0.05, 0.1) is 30.0 Å². The molecule has 1 amide bonds. The van der Waals surface area contributed by atoms with Crippen molar-refractivity contribution >= 4 is 16.9 Å². The lowest BCUT2D eigenvalue weighted by Gasteiger charge is -2.35. The summed E-state index contributed by atoms with van der Waals surface area (Å²) in [5.41, 5.74) is 1.49. The molecule has 7 nitrogen and oxygen atoms in total. The molecule has 1 saturated carbocycles. The second-order valence-electron chi connectivity index (χ2n) is 8.29. The molecule has 28 heavy (non-hydrogen) atoms. The molecule has 0 bridgehead atoms. The summed E-state index contributed by atoms with van der Waals surface area (Å²) in [7, 11) is 0. The third-order valence-electron chi connectivity index (χ3n) is 5.80. The zero-order chi connectivity index (χ0) is 19.5. The van der Waals surface area contributed by atoms with Crippen LogP contribution in [0.5, 0.6) is 0 Å². The molecule has 152 valence electrons. The quantitative estimate of drug-likeness (QED) is 0.774. The van der Waals surface area contributed by atoms with Gasteiger partial charge in [0.2, 0.25) is 0 Å². The van der Waals surface area contributed by atoms with Crippen LogP contribution in [0.25, 0.3) is 11.0 Å². The SMILES string of the molecule is C[C@@H]1CN(CCCNC(=O)c2cnc3c(cnn3C3CCCC3)c2)C[C@@H](C)O1. The van der Waals surface area contributed by atoms with E-state index in [9.17, 15) is 4.79 Å². The summed E-state index contributed by atoms with van der Waals surface area (Å²) in [6, 6.07) is 2.36. The van der Waals surface area contributed by atoms with Crippen molar-refractivity contribution in [2.24, 2.45) is 0 Å². The van der Waals surface area contributed by atoms with Crippen LogP contribution < -0.4 is 5.32 Å². The van der Waals surface area contributed by atoms with E-state index in [1.165, 1.54) is 25.7 Å². The molecule has 3 heterocycles. The van der Waals surface area contributed by atoms with Gasteiger partial charge in [-0.15, -0.1) is 0 Å². The van der Waals surface area contributed by atoms with Crippen molar-refractivity contribution in [1.82, 2.24) is 25.0 Å². The lowest BCUT2D eigenvalue weighted by molar-refractivity contribution is -0.0679. The number of fused-ring (bicyclic) bond motifs is 1. The first kappa shape index (κ1) is 19.3. The van der Waals surface area contributed by atoms with Gasteiger partial charge in [-0.3, -0.25) is 9.69 Å². The fourth-order valence-electron chi connectivity index (χ4n) is 4.55. The minimum absolute atomic E-state index is 0.0632. The molecule has 1 aliphatic heterocycles. The van der Waals surface area contributed by atoms with E-state index in [0.717, 1.165) is 37.1 Å². The molecule has 2 aromatic heterocycles. The van der Waals surface area contributed by atoms with Crippen molar-refractivity contribution in [2.45, 2.75) is 64.2 Å². The first-order chi connectivity index (χ1) is 13.6. The zero-order valence-electron chi connectivity index (χ0n) is 16.9.